The lowest BCUT2D eigenvalue weighted by molar-refractivity contribution is 0.249. The van der Waals surface area contributed by atoms with Gasteiger partial charge in [-0.25, -0.2) is 4.98 Å². The normalized spacial score (nSPS) is 14.6. The molecule has 4 rings (SSSR count). The molecule has 0 saturated carbocycles. The van der Waals surface area contributed by atoms with E-state index in [0.717, 1.165) is 55.2 Å². The van der Waals surface area contributed by atoms with Crippen LogP contribution >= 0.6 is 12.2 Å². The monoisotopic (exact) mass is 430 g/mol. The molecule has 1 fully saturated rings. The lowest BCUT2D eigenvalue weighted by atomic mass is 10.1. The van der Waals surface area contributed by atoms with Crippen LogP contribution in [0.4, 0.5) is 5.82 Å². The summed E-state index contributed by atoms with van der Waals surface area (Å²) in [5, 5.41) is 4.16. The molecule has 3 N–H and O–H groups in total. The fraction of sp³-hybridized carbons (Fsp3) is 0.208. The number of nitrogens with zero attached hydrogens (tertiary/aromatic N) is 4. The second kappa shape index (κ2) is 10.1. The number of anilines is 1. The first kappa shape index (κ1) is 21.0. The number of aromatic nitrogens is 1. The molecular formula is C24H26N6S. The zero-order valence-corrected chi connectivity index (χ0v) is 18.1. The van der Waals surface area contributed by atoms with E-state index in [-0.39, 0.29) is 5.11 Å². The van der Waals surface area contributed by atoms with Crippen molar-refractivity contribution in [2.75, 3.05) is 31.1 Å². The van der Waals surface area contributed by atoms with Crippen LogP contribution in [0.3, 0.4) is 0 Å². The zero-order chi connectivity index (χ0) is 21.5. The predicted octanol–water partition coefficient (Wildman–Crippen LogP) is 3.24. The molecule has 1 aliphatic heterocycles. The van der Waals surface area contributed by atoms with Crippen LogP contribution in [0, 0.1) is 0 Å². The number of thiocarbonyl (C=S) groups is 1. The summed E-state index contributed by atoms with van der Waals surface area (Å²) >= 11 is 4.75. The summed E-state index contributed by atoms with van der Waals surface area (Å²) in [6.07, 6.45) is 3.63. The van der Waals surface area contributed by atoms with Crippen molar-refractivity contribution in [1.82, 2.24) is 15.3 Å². The van der Waals surface area contributed by atoms with Crippen molar-refractivity contribution in [3.05, 3.63) is 84.1 Å². The van der Waals surface area contributed by atoms with E-state index in [2.05, 4.69) is 74.9 Å². The molecule has 1 saturated heterocycles. The summed E-state index contributed by atoms with van der Waals surface area (Å²) in [5.41, 5.74) is 12.4. The molecule has 0 bridgehead atoms. The Morgan fingerprint density at radius 2 is 1.81 bits per heavy atom. The summed E-state index contributed by atoms with van der Waals surface area (Å²) in [6, 6.07) is 23.0. The number of hydrogen-bond donors (Lipinski definition) is 2. The summed E-state index contributed by atoms with van der Waals surface area (Å²) < 4.78 is 0. The highest BCUT2D eigenvalue weighted by molar-refractivity contribution is 7.80. The maximum Gasteiger partial charge on any atom is 0.184 e. The minimum absolute atomic E-state index is 0.146. The molecule has 6 nitrogen and oxygen atoms in total. The Balaban J connectivity index is 1.36. The molecule has 2 aromatic carbocycles. The van der Waals surface area contributed by atoms with Crippen molar-refractivity contribution in [2.45, 2.75) is 6.54 Å². The molecular weight excluding hydrogens is 404 g/mol. The van der Waals surface area contributed by atoms with Gasteiger partial charge in [0.25, 0.3) is 0 Å². The van der Waals surface area contributed by atoms with Crippen LogP contribution in [-0.4, -0.2) is 47.4 Å². The van der Waals surface area contributed by atoms with Gasteiger partial charge in [0.2, 0.25) is 0 Å². The maximum absolute atomic E-state index is 5.39. The van der Waals surface area contributed by atoms with E-state index >= 15 is 0 Å². The van der Waals surface area contributed by atoms with Gasteiger partial charge in [0.05, 0.1) is 6.21 Å². The first-order chi connectivity index (χ1) is 15.2. The summed E-state index contributed by atoms with van der Waals surface area (Å²) in [7, 11) is 0. The molecule has 31 heavy (non-hydrogen) atoms. The summed E-state index contributed by atoms with van der Waals surface area (Å²) in [5.74, 6) is 1.03. The highest BCUT2D eigenvalue weighted by Gasteiger charge is 2.18. The Kier molecular flexibility index (Phi) is 6.86. The van der Waals surface area contributed by atoms with Gasteiger partial charge in [-0.05, 0) is 47.1 Å². The van der Waals surface area contributed by atoms with E-state index in [1.807, 2.05) is 18.3 Å². The lowest BCUT2D eigenvalue weighted by Crippen LogP contribution is -2.46. The zero-order valence-electron chi connectivity index (χ0n) is 17.3. The molecule has 0 amide bonds. The van der Waals surface area contributed by atoms with Gasteiger partial charge in [0.1, 0.15) is 5.82 Å². The van der Waals surface area contributed by atoms with E-state index in [1.165, 1.54) is 5.56 Å². The molecule has 2 heterocycles. The van der Waals surface area contributed by atoms with Gasteiger partial charge in [0, 0.05) is 44.5 Å². The molecule has 0 aliphatic carbocycles. The van der Waals surface area contributed by atoms with Gasteiger partial charge < -0.3 is 10.6 Å². The third kappa shape index (κ3) is 5.87. The van der Waals surface area contributed by atoms with Crippen molar-refractivity contribution < 1.29 is 0 Å². The fourth-order valence-electron chi connectivity index (χ4n) is 3.69. The first-order valence-electron chi connectivity index (χ1n) is 10.3. The van der Waals surface area contributed by atoms with Gasteiger partial charge in [-0.2, -0.15) is 5.10 Å². The molecule has 0 atom stereocenters. The molecule has 0 radical (unpaired) electrons. The van der Waals surface area contributed by atoms with E-state index in [9.17, 15) is 0 Å². The fourth-order valence-corrected chi connectivity index (χ4v) is 3.74. The standard InChI is InChI=1S/C24H26N6S/c25-24(31)28-27-16-20-7-4-8-21(15-20)22-9-10-23(26-17-22)30-13-11-29(12-14-30)18-19-5-2-1-3-6-19/h1-10,15-17H,11-14,18H2,(H3,25,28,31). The molecule has 7 heteroatoms. The topological polar surface area (TPSA) is 69.8 Å². The SMILES string of the molecule is NC(=S)NN=Cc1cccc(-c2ccc(N3CCN(Cc4ccccc4)CC3)nc2)c1. The molecule has 1 aromatic heterocycles. The quantitative estimate of drug-likeness (QED) is 0.355. The minimum atomic E-state index is 0.146. The van der Waals surface area contributed by atoms with Crippen molar-refractivity contribution in [3.8, 4) is 11.1 Å². The Morgan fingerprint density at radius 3 is 2.52 bits per heavy atom. The van der Waals surface area contributed by atoms with Crippen molar-refractivity contribution in [2.24, 2.45) is 10.8 Å². The maximum atomic E-state index is 5.39. The second-order valence-electron chi connectivity index (χ2n) is 7.51. The van der Waals surface area contributed by atoms with Gasteiger partial charge in [-0.3, -0.25) is 10.3 Å². The molecule has 0 unspecified atom stereocenters. The summed E-state index contributed by atoms with van der Waals surface area (Å²) in [4.78, 5) is 9.59. The number of piperazine rings is 1. The van der Waals surface area contributed by atoms with E-state index < -0.39 is 0 Å². The Hall–Kier alpha value is -3.29. The number of pyridine rings is 1. The average molecular weight is 431 g/mol. The van der Waals surface area contributed by atoms with E-state index in [0.29, 0.717) is 0 Å². The third-order valence-corrected chi connectivity index (χ3v) is 5.39. The van der Waals surface area contributed by atoms with Crippen LogP contribution in [0.2, 0.25) is 0 Å². The van der Waals surface area contributed by atoms with E-state index in [4.69, 9.17) is 22.9 Å². The minimum Gasteiger partial charge on any atom is -0.375 e. The van der Waals surface area contributed by atoms with Gasteiger partial charge in [-0.15, -0.1) is 0 Å². The summed E-state index contributed by atoms with van der Waals surface area (Å²) in [6.45, 7) is 5.06. The van der Waals surface area contributed by atoms with Gasteiger partial charge >= 0.3 is 0 Å². The van der Waals surface area contributed by atoms with Crippen LogP contribution in [0.15, 0.2) is 78.0 Å². The highest BCUT2D eigenvalue weighted by atomic mass is 32.1. The number of nitrogens with one attached hydrogen (secondary N) is 1. The smallest absolute Gasteiger partial charge is 0.184 e. The Morgan fingerprint density at radius 1 is 1.00 bits per heavy atom. The molecule has 0 spiro atoms. The number of nitrogens with two attached hydrogens (primary N) is 1. The van der Waals surface area contributed by atoms with Crippen molar-refractivity contribution >= 4 is 29.4 Å². The number of hydrogen-bond acceptors (Lipinski definition) is 5. The first-order valence-corrected chi connectivity index (χ1v) is 10.7. The molecule has 1 aliphatic rings. The van der Waals surface area contributed by atoms with Crippen LogP contribution in [-0.2, 0) is 6.54 Å². The number of benzene rings is 2. The number of rotatable bonds is 6. The van der Waals surface area contributed by atoms with Crippen LogP contribution in [0.5, 0.6) is 0 Å². The Labute approximate surface area is 188 Å². The third-order valence-electron chi connectivity index (χ3n) is 5.30. The van der Waals surface area contributed by atoms with E-state index in [1.54, 1.807) is 6.21 Å². The lowest BCUT2D eigenvalue weighted by Gasteiger charge is -2.35. The average Bonchev–Trinajstić information content (AvgIpc) is 2.80. The number of hydrazone groups is 1. The van der Waals surface area contributed by atoms with Crippen LogP contribution < -0.4 is 16.1 Å². The second-order valence-corrected chi connectivity index (χ2v) is 7.95. The van der Waals surface area contributed by atoms with Gasteiger partial charge in [0.15, 0.2) is 5.11 Å². The molecule has 3 aromatic rings. The van der Waals surface area contributed by atoms with Crippen molar-refractivity contribution in [1.29, 1.82) is 0 Å². The van der Waals surface area contributed by atoms with Gasteiger partial charge in [-0.1, -0.05) is 48.5 Å². The predicted molar refractivity (Wildman–Crippen MR) is 131 cm³/mol. The molecule has 158 valence electrons. The van der Waals surface area contributed by atoms with Crippen LogP contribution in [0.25, 0.3) is 11.1 Å². The van der Waals surface area contributed by atoms with Crippen LogP contribution in [0.1, 0.15) is 11.1 Å². The largest absolute Gasteiger partial charge is 0.375 e. The highest BCUT2D eigenvalue weighted by Crippen LogP contribution is 2.22. The Bertz CT molecular complexity index is 1030. The van der Waals surface area contributed by atoms with Crippen molar-refractivity contribution in [3.63, 3.8) is 0 Å².